The predicted octanol–water partition coefficient (Wildman–Crippen LogP) is 7.86. The van der Waals surface area contributed by atoms with Crippen molar-refractivity contribution in [2.75, 3.05) is 0 Å². The first-order chi connectivity index (χ1) is 18.1. The van der Waals surface area contributed by atoms with Gasteiger partial charge in [-0.2, -0.15) is 39.5 Å². The van der Waals surface area contributed by atoms with Crippen molar-refractivity contribution in [1.29, 1.82) is 0 Å². The topological polar surface area (TPSA) is 46.5 Å². The second-order valence-electron chi connectivity index (χ2n) is 14.2. The van der Waals surface area contributed by atoms with Crippen LogP contribution in [0.5, 0.6) is 0 Å². The van der Waals surface area contributed by atoms with Crippen molar-refractivity contribution >= 4 is 5.97 Å². The van der Waals surface area contributed by atoms with E-state index in [2.05, 4.69) is 0 Å². The maximum atomic E-state index is 14.7. The lowest BCUT2D eigenvalue weighted by molar-refractivity contribution is -0.373. The number of hydrogen-bond donors (Lipinski definition) is 1. The Balaban J connectivity index is 1.38. The van der Waals surface area contributed by atoms with E-state index in [0.29, 0.717) is 11.8 Å². The molecule has 3 nitrogen and oxygen atoms in total. The smallest absolute Gasteiger partial charge is 0.426 e. The molecule has 40 heavy (non-hydrogen) atoms. The number of carbonyl (C=O) groups excluding carboxylic acids is 1. The van der Waals surface area contributed by atoms with Crippen LogP contribution < -0.4 is 0 Å². The molecule has 6 aliphatic carbocycles. The van der Waals surface area contributed by atoms with Gasteiger partial charge in [-0.3, -0.25) is 4.79 Å². The van der Waals surface area contributed by atoms with Gasteiger partial charge in [-0.05, 0) is 125 Å². The van der Waals surface area contributed by atoms with Crippen LogP contribution in [-0.4, -0.2) is 40.8 Å². The van der Waals surface area contributed by atoms with Gasteiger partial charge in [-0.15, -0.1) is 0 Å². The first-order valence-corrected chi connectivity index (χ1v) is 14.3. The Morgan fingerprint density at radius 2 is 1.30 bits per heavy atom. The summed E-state index contributed by atoms with van der Waals surface area (Å²) in [6, 6.07) is 0. The number of aliphatic hydroxyl groups is 1. The molecule has 0 aromatic heterocycles. The molecule has 6 aliphatic rings. The molecule has 6 unspecified atom stereocenters. The van der Waals surface area contributed by atoms with Crippen LogP contribution in [0.1, 0.15) is 78.6 Å². The summed E-state index contributed by atoms with van der Waals surface area (Å²) < 4.78 is 130. The molecule has 0 radical (unpaired) electrons. The van der Waals surface area contributed by atoms with Gasteiger partial charge in [-0.25, -0.2) is 0 Å². The molecule has 0 aliphatic heterocycles. The van der Waals surface area contributed by atoms with Gasteiger partial charge in [0.05, 0.1) is 0 Å². The Kier molecular flexibility index (Phi) is 6.92. The van der Waals surface area contributed by atoms with Crippen molar-refractivity contribution in [3.63, 3.8) is 0 Å². The molecule has 1 N–H and O–H groups in total. The number of alkyl halides is 9. The summed E-state index contributed by atoms with van der Waals surface area (Å²) in [5, 5.41) is 9.78. The Morgan fingerprint density at radius 3 is 1.73 bits per heavy atom. The van der Waals surface area contributed by atoms with E-state index in [1.807, 2.05) is 0 Å². The molecule has 0 heterocycles. The van der Waals surface area contributed by atoms with Crippen molar-refractivity contribution < 1.29 is 54.2 Å². The van der Waals surface area contributed by atoms with Crippen molar-refractivity contribution in [2.24, 2.45) is 58.7 Å². The van der Waals surface area contributed by atoms with Crippen molar-refractivity contribution in [3.8, 4) is 0 Å². The summed E-state index contributed by atoms with van der Waals surface area (Å²) in [7, 11) is 0. The van der Waals surface area contributed by atoms with Crippen LogP contribution in [0.4, 0.5) is 39.5 Å². The molecular formula is C28H37F9O3. The van der Waals surface area contributed by atoms with Crippen molar-refractivity contribution in [2.45, 2.75) is 108 Å². The fourth-order valence-electron chi connectivity index (χ4n) is 9.62. The third-order valence-corrected chi connectivity index (χ3v) is 12.0. The van der Waals surface area contributed by atoms with Crippen LogP contribution in [-0.2, 0) is 9.53 Å². The number of hydrogen-bond acceptors (Lipinski definition) is 3. The van der Waals surface area contributed by atoms with Crippen LogP contribution in [0.3, 0.4) is 0 Å². The molecule has 0 amide bonds. The largest absolute Gasteiger partial charge is 0.458 e. The first kappa shape index (κ1) is 30.3. The van der Waals surface area contributed by atoms with Gasteiger partial charge >= 0.3 is 24.5 Å². The second-order valence-corrected chi connectivity index (χ2v) is 14.2. The standard InChI is InChI=1S/C28H37F9O3/c1-13-16-9-17(11-25(39,27(32,33)34)28(35,36)37)20(10-16)21(13)12-23(2,26(29,30)31)22(38)40-24(3)18-5-14-4-15(7-18)8-19(24)6-14/h13-21,39H,4-12H2,1-3H3. The van der Waals surface area contributed by atoms with Crippen LogP contribution in [0.15, 0.2) is 0 Å². The Labute approximate surface area is 227 Å². The fraction of sp³-hybridized carbons (Fsp3) is 0.964. The van der Waals surface area contributed by atoms with Crippen LogP contribution >= 0.6 is 0 Å². The highest BCUT2D eigenvalue weighted by Crippen LogP contribution is 2.64. The predicted molar refractivity (Wildman–Crippen MR) is 124 cm³/mol. The zero-order valence-electron chi connectivity index (χ0n) is 22.7. The van der Waals surface area contributed by atoms with E-state index in [-0.39, 0.29) is 30.6 Å². The molecule has 0 aromatic rings. The molecule has 0 aromatic carbocycles. The van der Waals surface area contributed by atoms with Gasteiger partial charge < -0.3 is 9.84 Å². The zero-order chi connectivity index (χ0) is 29.8. The molecule has 0 spiro atoms. The monoisotopic (exact) mass is 592 g/mol. The maximum absolute atomic E-state index is 14.7. The normalized spacial score (nSPS) is 42.8. The second kappa shape index (κ2) is 9.15. The highest BCUT2D eigenvalue weighted by molar-refractivity contribution is 5.78. The number of rotatable bonds is 6. The molecule has 6 rings (SSSR count). The van der Waals surface area contributed by atoms with Gasteiger partial charge in [0, 0.05) is 0 Å². The van der Waals surface area contributed by atoms with E-state index in [9.17, 15) is 49.4 Å². The van der Waals surface area contributed by atoms with Crippen LogP contribution in [0.25, 0.3) is 0 Å². The third-order valence-electron chi connectivity index (χ3n) is 12.0. The summed E-state index contributed by atoms with van der Waals surface area (Å²) in [6.07, 6.45) is -15.1. The van der Waals surface area contributed by atoms with Gasteiger partial charge in [0.15, 0.2) is 5.41 Å². The van der Waals surface area contributed by atoms with E-state index in [4.69, 9.17) is 4.74 Å². The highest BCUT2D eigenvalue weighted by Gasteiger charge is 2.72. The number of esters is 1. The third kappa shape index (κ3) is 4.46. The minimum atomic E-state index is -5.99. The van der Waals surface area contributed by atoms with Crippen molar-refractivity contribution in [3.05, 3.63) is 0 Å². The Morgan fingerprint density at radius 1 is 0.800 bits per heavy atom. The number of ether oxygens (including phenoxy) is 1. The first-order valence-electron chi connectivity index (χ1n) is 14.3. The van der Waals surface area contributed by atoms with Gasteiger partial charge in [0.25, 0.3) is 5.60 Å². The minimum absolute atomic E-state index is 0.0293. The number of fused-ring (bicyclic) bond motifs is 2. The molecule has 6 saturated carbocycles. The molecule has 6 atom stereocenters. The lowest BCUT2D eigenvalue weighted by Crippen LogP contribution is -2.60. The highest BCUT2D eigenvalue weighted by atomic mass is 19.4. The van der Waals surface area contributed by atoms with E-state index in [1.165, 1.54) is 0 Å². The summed E-state index contributed by atoms with van der Waals surface area (Å²) in [6.45, 7) is 4.12. The Bertz CT molecular complexity index is 960. The summed E-state index contributed by atoms with van der Waals surface area (Å²) >= 11 is 0. The molecular weight excluding hydrogens is 555 g/mol. The zero-order valence-corrected chi connectivity index (χ0v) is 22.7. The van der Waals surface area contributed by atoms with E-state index >= 15 is 0 Å². The lowest BCUT2D eigenvalue weighted by atomic mass is 9.50. The fourth-order valence-corrected chi connectivity index (χ4v) is 9.62. The van der Waals surface area contributed by atoms with Gasteiger partial charge in [0.1, 0.15) is 5.60 Å². The van der Waals surface area contributed by atoms with Crippen LogP contribution in [0.2, 0.25) is 0 Å². The SMILES string of the molecule is CC1C2CC(CC(O)(C(F)(F)F)C(F)(F)F)C(C2)C1CC(C)(C(=O)OC1(C)C2CC3CC(C2)CC1C3)C(F)(F)F. The number of carbonyl (C=O) groups is 1. The van der Waals surface area contributed by atoms with E-state index in [1.54, 1.807) is 13.8 Å². The minimum Gasteiger partial charge on any atom is -0.458 e. The van der Waals surface area contributed by atoms with Gasteiger partial charge in [-0.1, -0.05) is 6.92 Å². The molecule has 6 fully saturated rings. The number of halogens is 9. The molecule has 0 saturated heterocycles. The average Bonchev–Trinajstić information content (AvgIpc) is 3.33. The average molecular weight is 593 g/mol. The quantitative estimate of drug-likeness (QED) is 0.252. The lowest BCUT2D eigenvalue weighted by Gasteiger charge is -2.59. The van der Waals surface area contributed by atoms with Crippen molar-refractivity contribution in [1.82, 2.24) is 0 Å². The molecule has 6 bridgehead atoms. The van der Waals surface area contributed by atoms with E-state index < -0.39 is 77.6 Å². The summed E-state index contributed by atoms with van der Waals surface area (Å²) in [5.41, 5.74) is -8.96. The van der Waals surface area contributed by atoms with Crippen LogP contribution in [0, 0.1) is 58.7 Å². The van der Waals surface area contributed by atoms with E-state index in [0.717, 1.165) is 39.0 Å². The molecule has 12 heteroatoms. The molecule has 230 valence electrons. The van der Waals surface area contributed by atoms with Gasteiger partial charge in [0.2, 0.25) is 0 Å². The summed E-state index contributed by atoms with van der Waals surface area (Å²) in [4.78, 5) is 13.5. The Hall–Kier alpha value is -1.20. The summed E-state index contributed by atoms with van der Waals surface area (Å²) in [5.74, 6) is -4.46. The maximum Gasteiger partial charge on any atom is 0.426 e.